The first-order valence-corrected chi connectivity index (χ1v) is 10.00. The lowest BCUT2D eigenvalue weighted by Gasteiger charge is -2.16. The molecule has 2 aromatic carbocycles. The molecule has 0 aliphatic carbocycles. The smallest absolute Gasteiger partial charge is 0.488 e. The Balaban J connectivity index is 2.31. The quantitative estimate of drug-likeness (QED) is 0.331. The Labute approximate surface area is 163 Å². The molecule has 140 valence electrons. The van der Waals surface area contributed by atoms with Gasteiger partial charge in [-0.1, -0.05) is 37.6 Å². The van der Waals surface area contributed by atoms with Gasteiger partial charge in [0.1, 0.15) is 18.1 Å². The van der Waals surface area contributed by atoms with Crippen LogP contribution in [-0.2, 0) is 24.2 Å². The second-order valence-corrected chi connectivity index (χ2v) is 6.80. The number of thioether (sulfide) groups is 1. The molecule has 0 bridgehead atoms. The molecule has 0 N–H and O–H groups in total. The number of carbonyl (C=O) groups is 1. The predicted octanol–water partition coefficient (Wildman–Crippen LogP) is 5.91. The minimum absolute atomic E-state index is 0.262. The van der Waals surface area contributed by atoms with Crippen molar-refractivity contribution in [1.29, 1.82) is 0 Å². The summed E-state index contributed by atoms with van der Waals surface area (Å²) in [7, 11) is 1.28. The standard InChI is InChI=1S/C20H23ClO4S/c1-5-13-10-14(6-2)18(11-16(13)21)24-12-15-17(25-20(22)23-3)8-7-9-19(15)26-4/h7-11H,5-6,12H2,1-4H3. The zero-order valence-electron chi connectivity index (χ0n) is 15.4. The van der Waals surface area contributed by atoms with Crippen molar-refractivity contribution in [3.8, 4) is 11.5 Å². The van der Waals surface area contributed by atoms with Crippen LogP contribution in [0.3, 0.4) is 0 Å². The number of methoxy groups -OCH3 is 1. The fraction of sp³-hybridized carbons (Fsp3) is 0.350. The van der Waals surface area contributed by atoms with E-state index in [0.29, 0.717) is 10.8 Å². The lowest BCUT2D eigenvalue weighted by atomic mass is 10.1. The molecule has 0 unspecified atom stereocenters. The van der Waals surface area contributed by atoms with E-state index in [-0.39, 0.29) is 6.61 Å². The third-order valence-electron chi connectivity index (χ3n) is 4.03. The van der Waals surface area contributed by atoms with Gasteiger partial charge in [-0.05, 0) is 48.4 Å². The number of rotatable bonds is 7. The molecule has 26 heavy (non-hydrogen) atoms. The zero-order valence-corrected chi connectivity index (χ0v) is 17.0. The predicted molar refractivity (Wildman–Crippen MR) is 106 cm³/mol. The second kappa shape index (κ2) is 9.74. The Morgan fingerprint density at radius 1 is 1.12 bits per heavy atom. The van der Waals surface area contributed by atoms with Crippen LogP contribution in [0.5, 0.6) is 11.5 Å². The highest BCUT2D eigenvalue weighted by Gasteiger charge is 2.15. The number of carbonyl (C=O) groups excluding carboxylic acids is 1. The molecule has 2 rings (SSSR count). The topological polar surface area (TPSA) is 44.8 Å². The number of benzene rings is 2. The number of ether oxygens (including phenoxy) is 3. The Kier molecular flexibility index (Phi) is 7.66. The average molecular weight is 395 g/mol. The van der Waals surface area contributed by atoms with Crippen LogP contribution >= 0.6 is 23.4 Å². The van der Waals surface area contributed by atoms with Crippen molar-refractivity contribution in [2.75, 3.05) is 13.4 Å². The van der Waals surface area contributed by atoms with E-state index >= 15 is 0 Å². The first-order valence-electron chi connectivity index (χ1n) is 8.39. The van der Waals surface area contributed by atoms with Crippen molar-refractivity contribution in [3.63, 3.8) is 0 Å². The molecule has 0 spiro atoms. The lowest BCUT2D eigenvalue weighted by molar-refractivity contribution is 0.120. The molecule has 0 aliphatic heterocycles. The Morgan fingerprint density at radius 3 is 2.46 bits per heavy atom. The van der Waals surface area contributed by atoms with Gasteiger partial charge in [-0.2, -0.15) is 0 Å². The average Bonchev–Trinajstić information content (AvgIpc) is 2.66. The summed E-state index contributed by atoms with van der Waals surface area (Å²) in [6.45, 7) is 4.42. The Hall–Kier alpha value is -1.85. The summed E-state index contributed by atoms with van der Waals surface area (Å²) in [5.41, 5.74) is 3.00. The monoisotopic (exact) mass is 394 g/mol. The Morgan fingerprint density at radius 2 is 1.85 bits per heavy atom. The molecule has 0 amide bonds. The van der Waals surface area contributed by atoms with Crippen LogP contribution < -0.4 is 9.47 Å². The largest absolute Gasteiger partial charge is 0.513 e. The van der Waals surface area contributed by atoms with E-state index in [1.54, 1.807) is 17.8 Å². The van der Waals surface area contributed by atoms with Crippen LogP contribution in [0.15, 0.2) is 35.2 Å². The maximum Gasteiger partial charge on any atom is 0.513 e. The van der Waals surface area contributed by atoms with Crippen LogP contribution in [0.1, 0.15) is 30.5 Å². The van der Waals surface area contributed by atoms with Gasteiger partial charge in [0, 0.05) is 15.5 Å². The van der Waals surface area contributed by atoms with Crippen molar-refractivity contribution in [2.24, 2.45) is 0 Å². The van der Waals surface area contributed by atoms with Gasteiger partial charge in [0.2, 0.25) is 0 Å². The molecule has 0 heterocycles. The highest BCUT2D eigenvalue weighted by atomic mass is 35.5. The van der Waals surface area contributed by atoms with E-state index in [1.807, 2.05) is 24.5 Å². The molecule has 0 aliphatic rings. The van der Waals surface area contributed by atoms with Gasteiger partial charge in [-0.3, -0.25) is 0 Å². The summed E-state index contributed by atoms with van der Waals surface area (Å²) in [5.74, 6) is 1.17. The maximum absolute atomic E-state index is 11.5. The van der Waals surface area contributed by atoms with Crippen LogP contribution in [0.25, 0.3) is 0 Å². The number of halogens is 1. The molecule has 6 heteroatoms. The van der Waals surface area contributed by atoms with Crippen molar-refractivity contribution < 1.29 is 19.0 Å². The molecule has 0 aromatic heterocycles. The highest BCUT2D eigenvalue weighted by Crippen LogP contribution is 2.33. The van der Waals surface area contributed by atoms with E-state index < -0.39 is 6.16 Å². The molecule has 0 atom stereocenters. The first-order chi connectivity index (χ1) is 12.5. The number of aryl methyl sites for hydroxylation is 2. The number of hydrogen-bond acceptors (Lipinski definition) is 5. The fourth-order valence-electron chi connectivity index (χ4n) is 2.59. The van der Waals surface area contributed by atoms with Crippen molar-refractivity contribution in [2.45, 2.75) is 38.2 Å². The van der Waals surface area contributed by atoms with Gasteiger partial charge in [-0.25, -0.2) is 4.79 Å². The summed E-state index contributed by atoms with van der Waals surface area (Å²) < 4.78 is 15.9. The van der Waals surface area contributed by atoms with Gasteiger partial charge in [0.25, 0.3) is 0 Å². The van der Waals surface area contributed by atoms with Gasteiger partial charge in [-0.15, -0.1) is 11.8 Å². The van der Waals surface area contributed by atoms with Crippen molar-refractivity contribution in [3.05, 3.63) is 52.0 Å². The van der Waals surface area contributed by atoms with E-state index in [0.717, 1.165) is 40.2 Å². The summed E-state index contributed by atoms with van der Waals surface area (Å²) in [6, 6.07) is 9.47. The van der Waals surface area contributed by atoms with E-state index in [2.05, 4.69) is 24.7 Å². The van der Waals surface area contributed by atoms with Crippen LogP contribution in [0, 0.1) is 0 Å². The summed E-state index contributed by atoms with van der Waals surface area (Å²) in [6.07, 6.45) is 2.92. The second-order valence-electron chi connectivity index (χ2n) is 5.54. The molecule has 2 aromatic rings. The summed E-state index contributed by atoms with van der Waals surface area (Å²) >= 11 is 7.91. The summed E-state index contributed by atoms with van der Waals surface area (Å²) in [5, 5.41) is 0.698. The fourth-order valence-corrected chi connectivity index (χ4v) is 3.50. The SMILES string of the molecule is CCc1cc(CC)c(OCc2c(OC(=O)OC)cccc2SC)cc1Cl. The molecule has 0 radical (unpaired) electrons. The molecule has 4 nitrogen and oxygen atoms in total. The molecule has 0 saturated heterocycles. The van der Waals surface area contributed by atoms with Gasteiger partial charge in [0.15, 0.2) is 0 Å². The number of hydrogen-bond donors (Lipinski definition) is 0. The van der Waals surface area contributed by atoms with Crippen LogP contribution in [-0.4, -0.2) is 19.5 Å². The van der Waals surface area contributed by atoms with Crippen molar-refractivity contribution >= 4 is 29.5 Å². The van der Waals surface area contributed by atoms with Crippen molar-refractivity contribution in [1.82, 2.24) is 0 Å². The van der Waals surface area contributed by atoms with E-state index in [9.17, 15) is 4.79 Å². The van der Waals surface area contributed by atoms with Crippen LogP contribution in [0.2, 0.25) is 5.02 Å². The molecular formula is C20H23ClO4S. The first kappa shape index (κ1) is 20.5. The molecular weight excluding hydrogens is 372 g/mol. The molecule has 0 fully saturated rings. The Bertz CT molecular complexity index is 777. The van der Waals surface area contributed by atoms with Gasteiger partial charge in [0.05, 0.1) is 7.11 Å². The minimum Gasteiger partial charge on any atom is -0.488 e. The van der Waals surface area contributed by atoms with E-state index in [4.69, 9.17) is 21.1 Å². The zero-order chi connectivity index (χ0) is 19.1. The minimum atomic E-state index is -0.755. The lowest BCUT2D eigenvalue weighted by Crippen LogP contribution is -2.10. The maximum atomic E-state index is 11.5. The third kappa shape index (κ3) is 4.86. The normalized spacial score (nSPS) is 10.5. The summed E-state index contributed by atoms with van der Waals surface area (Å²) in [4.78, 5) is 12.5. The van der Waals surface area contributed by atoms with Gasteiger partial charge < -0.3 is 14.2 Å². The third-order valence-corrected chi connectivity index (χ3v) is 5.21. The van der Waals surface area contributed by atoms with E-state index in [1.165, 1.54) is 7.11 Å². The highest BCUT2D eigenvalue weighted by molar-refractivity contribution is 7.98. The molecule has 0 saturated carbocycles. The van der Waals surface area contributed by atoms with Crippen LogP contribution in [0.4, 0.5) is 4.79 Å². The van der Waals surface area contributed by atoms with Gasteiger partial charge >= 0.3 is 6.16 Å².